The highest BCUT2D eigenvalue weighted by atomic mass is 32.2. The first-order valence-corrected chi connectivity index (χ1v) is 9.67. The molecule has 6 heteroatoms. The predicted octanol–water partition coefficient (Wildman–Crippen LogP) is 4.48. The number of nitrogens with zero attached hydrogens (tertiary/aromatic N) is 2. The second kappa shape index (κ2) is 6.01. The topological polar surface area (TPSA) is 34.9 Å². The summed E-state index contributed by atoms with van der Waals surface area (Å²) in [5.74, 6) is -0.240. The van der Waals surface area contributed by atoms with Crippen molar-refractivity contribution in [2.45, 2.75) is 36.6 Å². The average Bonchev–Trinajstić information content (AvgIpc) is 3.13. The minimum atomic E-state index is -0.240. The average molecular weight is 360 g/mol. The SMILES string of the molecule is CC(Sc1nc2sc3c(c2c(=O)n1C)CCC3)c1ccc(F)cc1. The highest BCUT2D eigenvalue weighted by Crippen LogP contribution is 2.38. The Balaban J connectivity index is 1.73. The van der Waals surface area contributed by atoms with Gasteiger partial charge in [0.15, 0.2) is 5.16 Å². The molecule has 1 aliphatic rings. The molecule has 3 aromatic rings. The van der Waals surface area contributed by atoms with Crippen LogP contribution in [0.2, 0.25) is 0 Å². The lowest BCUT2D eigenvalue weighted by molar-refractivity contribution is 0.627. The van der Waals surface area contributed by atoms with Gasteiger partial charge in [-0.3, -0.25) is 9.36 Å². The molecule has 2 aromatic heterocycles. The van der Waals surface area contributed by atoms with Crippen LogP contribution in [0.5, 0.6) is 0 Å². The lowest BCUT2D eigenvalue weighted by atomic mass is 10.2. The van der Waals surface area contributed by atoms with E-state index < -0.39 is 0 Å². The van der Waals surface area contributed by atoms with Crippen molar-refractivity contribution in [3.63, 3.8) is 0 Å². The van der Waals surface area contributed by atoms with Gasteiger partial charge in [-0.1, -0.05) is 23.9 Å². The zero-order valence-electron chi connectivity index (χ0n) is 13.5. The Morgan fingerprint density at radius 3 is 2.79 bits per heavy atom. The van der Waals surface area contributed by atoms with E-state index in [1.807, 2.05) is 6.92 Å². The van der Waals surface area contributed by atoms with Crippen LogP contribution >= 0.6 is 23.1 Å². The molecule has 0 aliphatic heterocycles. The first-order chi connectivity index (χ1) is 11.5. The number of rotatable bonds is 3. The highest BCUT2D eigenvalue weighted by molar-refractivity contribution is 7.99. The van der Waals surface area contributed by atoms with E-state index in [1.54, 1.807) is 35.1 Å². The third kappa shape index (κ3) is 2.58. The Bertz CT molecular complexity index is 975. The second-order valence-corrected chi connectivity index (χ2v) is 8.50. The monoisotopic (exact) mass is 360 g/mol. The van der Waals surface area contributed by atoms with Crippen molar-refractivity contribution >= 4 is 33.3 Å². The largest absolute Gasteiger partial charge is 0.290 e. The molecule has 1 aliphatic carbocycles. The summed E-state index contributed by atoms with van der Waals surface area (Å²) in [4.78, 5) is 19.7. The van der Waals surface area contributed by atoms with Crippen molar-refractivity contribution in [1.29, 1.82) is 0 Å². The Kier molecular flexibility index (Phi) is 3.96. The normalized spacial score (nSPS) is 15.0. The molecule has 24 heavy (non-hydrogen) atoms. The number of aromatic nitrogens is 2. The third-order valence-electron chi connectivity index (χ3n) is 4.53. The Labute approximate surface area is 147 Å². The van der Waals surface area contributed by atoms with Gasteiger partial charge in [0.05, 0.1) is 5.39 Å². The molecule has 0 saturated carbocycles. The first kappa shape index (κ1) is 15.8. The molecule has 0 spiro atoms. The molecule has 1 aromatic carbocycles. The molecule has 0 amide bonds. The van der Waals surface area contributed by atoms with Gasteiger partial charge in [-0.25, -0.2) is 9.37 Å². The van der Waals surface area contributed by atoms with E-state index in [-0.39, 0.29) is 16.6 Å². The number of thiophene rings is 1. The van der Waals surface area contributed by atoms with Crippen molar-refractivity contribution in [3.8, 4) is 0 Å². The fourth-order valence-electron chi connectivity index (χ4n) is 3.17. The Morgan fingerprint density at radius 1 is 1.29 bits per heavy atom. The minimum Gasteiger partial charge on any atom is -0.290 e. The summed E-state index contributed by atoms with van der Waals surface area (Å²) < 4.78 is 14.7. The molecule has 4 rings (SSSR count). The molecule has 1 atom stereocenters. The minimum absolute atomic E-state index is 0.0493. The van der Waals surface area contributed by atoms with Crippen LogP contribution in [-0.2, 0) is 19.9 Å². The molecule has 0 N–H and O–H groups in total. The zero-order valence-corrected chi connectivity index (χ0v) is 15.1. The van der Waals surface area contributed by atoms with Crippen molar-refractivity contribution in [2.24, 2.45) is 7.05 Å². The maximum atomic E-state index is 13.1. The molecule has 0 saturated heterocycles. The quantitative estimate of drug-likeness (QED) is 0.510. The summed E-state index contributed by atoms with van der Waals surface area (Å²) in [5.41, 5.74) is 2.28. The number of fused-ring (bicyclic) bond motifs is 3. The summed E-state index contributed by atoms with van der Waals surface area (Å²) >= 11 is 3.20. The lowest BCUT2D eigenvalue weighted by Gasteiger charge is -2.13. The van der Waals surface area contributed by atoms with E-state index in [0.717, 1.165) is 35.0 Å². The molecule has 0 radical (unpaired) electrons. The molecule has 3 nitrogen and oxygen atoms in total. The molecule has 124 valence electrons. The van der Waals surface area contributed by atoms with Gasteiger partial charge in [0, 0.05) is 17.2 Å². The Morgan fingerprint density at radius 2 is 2.04 bits per heavy atom. The third-order valence-corrected chi connectivity index (χ3v) is 6.91. The second-order valence-electron chi connectivity index (χ2n) is 6.11. The maximum absolute atomic E-state index is 13.1. The summed E-state index contributed by atoms with van der Waals surface area (Å²) in [6.45, 7) is 2.04. The lowest BCUT2D eigenvalue weighted by Crippen LogP contribution is -2.20. The summed E-state index contributed by atoms with van der Waals surface area (Å²) in [5, 5.41) is 1.62. The van der Waals surface area contributed by atoms with Gasteiger partial charge < -0.3 is 0 Å². The number of aryl methyl sites for hydroxylation is 2. The van der Waals surface area contributed by atoms with Crippen molar-refractivity contribution in [1.82, 2.24) is 9.55 Å². The van der Waals surface area contributed by atoms with Gasteiger partial charge in [-0.05, 0) is 49.4 Å². The van der Waals surface area contributed by atoms with Gasteiger partial charge >= 0.3 is 0 Å². The smallest absolute Gasteiger partial charge is 0.262 e. The molecule has 0 fully saturated rings. The van der Waals surface area contributed by atoms with Crippen LogP contribution in [0, 0.1) is 5.82 Å². The fourth-order valence-corrected chi connectivity index (χ4v) is 5.48. The van der Waals surface area contributed by atoms with Crippen LogP contribution in [0.3, 0.4) is 0 Å². The fraction of sp³-hybridized carbons (Fsp3) is 0.333. The molecular weight excluding hydrogens is 343 g/mol. The standard InChI is InChI=1S/C18H17FN2OS2/c1-10(11-6-8-12(19)9-7-11)23-18-20-16-15(17(22)21(18)2)13-4-3-5-14(13)24-16/h6-10H,3-5H2,1-2H3. The van der Waals surface area contributed by atoms with E-state index in [1.165, 1.54) is 34.3 Å². The van der Waals surface area contributed by atoms with E-state index in [4.69, 9.17) is 4.98 Å². The van der Waals surface area contributed by atoms with Crippen LogP contribution in [0.15, 0.2) is 34.2 Å². The van der Waals surface area contributed by atoms with E-state index in [0.29, 0.717) is 5.16 Å². The Hall–Kier alpha value is -1.66. The number of benzene rings is 1. The summed E-state index contributed by atoms with van der Waals surface area (Å²) in [7, 11) is 1.79. The van der Waals surface area contributed by atoms with Gasteiger partial charge in [-0.2, -0.15) is 0 Å². The van der Waals surface area contributed by atoms with Crippen molar-refractivity contribution in [3.05, 3.63) is 56.4 Å². The first-order valence-electron chi connectivity index (χ1n) is 7.98. The number of halogens is 1. The van der Waals surface area contributed by atoms with E-state index in [2.05, 4.69) is 0 Å². The molecular formula is C18H17FN2OS2. The highest BCUT2D eigenvalue weighted by Gasteiger charge is 2.23. The predicted molar refractivity (Wildman–Crippen MR) is 97.6 cm³/mol. The number of thioether (sulfide) groups is 1. The van der Waals surface area contributed by atoms with Crippen LogP contribution in [0.25, 0.3) is 10.2 Å². The molecule has 1 unspecified atom stereocenters. The van der Waals surface area contributed by atoms with Crippen LogP contribution in [0.1, 0.15) is 34.6 Å². The van der Waals surface area contributed by atoms with Gasteiger partial charge in [0.25, 0.3) is 5.56 Å². The molecule has 0 bridgehead atoms. The summed E-state index contributed by atoms with van der Waals surface area (Å²) in [6.07, 6.45) is 3.19. The van der Waals surface area contributed by atoms with Gasteiger partial charge in [0.2, 0.25) is 0 Å². The summed E-state index contributed by atoms with van der Waals surface area (Å²) in [6, 6.07) is 6.49. The van der Waals surface area contributed by atoms with Gasteiger partial charge in [-0.15, -0.1) is 11.3 Å². The zero-order chi connectivity index (χ0) is 16.8. The van der Waals surface area contributed by atoms with Crippen molar-refractivity contribution in [2.75, 3.05) is 0 Å². The number of hydrogen-bond acceptors (Lipinski definition) is 4. The molecule has 2 heterocycles. The van der Waals surface area contributed by atoms with Crippen LogP contribution in [-0.4, -0.2) is 9.55 Å². The number of hydrogen-bond donors (Lipinski definition) is 0. The van der Waals surface area contributed by atoms with Crippen LogP contribution in [0.4, 0.5) is 4.39 Å². The van der Waals surface area contributed by atoms with E-state index >= 15 is 0 Å². The maximum Gasteiger partial charge on any atom is 0.262 e. The van der Waals surface area contributed by atoms with E-state index in [9.17, 15) is 9.18 Å². The van der Waals surface area contributed by atoms with Crippen LogP contribution < -0.4 is 5.56 Å². The van der Waals surface area contributed by atoms with Gasteiger partial charge in [0.1, 0.15) is 10.6 Å². The van der Waals surface area contributed by atoms with Crippen molar-refractivity contribution < 1.29 is 4.39 Å².